The van der Waals surface area contributed by atoms with Gasteiger partial charge in [-0.05, 0) is 30.5 Å². The SMILES string of the molecule is CC(=O)NC1CCN(C(=O)Cc2ccc(-c3ccc(C(N)=O)c4ncnn34)cc2)CC1. The largest absolute Gasteiger partial charge is 0.365 e. The minimum Gasteiger partial charge on any atom is -0.365 e. The Labute approximate surface area is 179 Å². The standard InChI is InChI=1S/C22H24N6O3/c1-14(29)26-17-8-10-27(11-9-17)20(30)12-15-2-4-16(5-3-15)19-7-6-18(21(23)31)22-24-13-25-28(19)22/h2-7,13,17H,8-12H2,1H3,(H2,23,31)(H,26,29). The number of fused-ring (bicyclic) bond motifs is 1. The molecule has 0 unspecified atom stereocenters. The molecule has 3 N–H and O–H groups in total. The molecule has 0 spiro atoms. The lowest BCUT2D eigenvalue weighted by Crippen LogP contribution is -2.46. The number of likely N-dealkylation sites (tertiary alicyclic amines) is 1. The van der Waals surface area contributed by atoms with Crippen LogP contribution in [-0.4, -0.2) is 56.4 Å². The Hall–Kier alpha value is -3.75. The van der Waals surface area contributed by atoms with E-state index in [-0.39, 0.29) is 17.9 Å². The Morgan fingerprint density at radius 3 is 2.45 bits per heavy atom. The Balaban J connectivity index is 1.44. The van der Waals surface area contributed by atoms with Crippen LogP contribution in [0.4, 0.5) is 0 Å². The van der Waals surface area contributed by atoms with Crippen molar-refractivity contribution in [2.24, 2.45) is 5.73 Å². The Kier molecular flexibility index (Phi) is 5.66. The van der Waals surface area contributed by atoms with E-state index in [1.165, 1.54) is 13.3 Å². The zero-order valence-corrected chi connectivity index (χ0v) is 17.2. The van der Waals surface area contributed by atoms with Crippen LogP contribution in [-0.2, 0) is 16.0 Å². The van der Waals surface area contributed by atoms with Crippen molar-refractivity contribution < 1.29 is 14.4 Å². The van der Waals surface area contributed by atoms with Crippen LogP contribution in [0.2, 0.25) is 0 Å². The maximum atomic E-state index is 12.7. The van der Waals surface area contributed by atoms with Crippen LogP contribution in [0.5, 0.6) is 0 Å². The van der Waals surface area contributed by atoms with Gasteiger partial charge in [0.15, 0.2) is 5.65 Å². The van der Waals surface area contributed by atoms with E-state index < -0.39 is 5.91 Å². The van der Waals surface area contributed by atoms with Crippen LogP contribution in [0, 0.1) is 0 Å². The monoisotopic (exact) mass is 420 g/mol. The van der Waals surface area contributed by atoms with Gasteiger partial charge in [-0.25, -0.2) is 9.50 Å². The summed E-state index contributed by atoms with van der Waals surface area (Å²) in [6.07, 6.45) is 3.26. The van der Waals surface area contributed by atoms with Crippen molar-refractivity contribution in [1.82, 2.24) is 24.8 Å². The highest BCUT2D eigenvalue weighted by atomic mass is 16.2. The molecule has 0 radical (unpaired) electrons. The third-order valence-corrected chi connectivity index (χ3v) is 5.55. The van der Waals surface area contributed by atoms with Gasteiger partial charge in [-0.2, -0.15) is 5.10 Å². The van der Waals surface area contributed by atoms with Crippen LogP contribution in [0.1, 0.15) is 35.7 Å². The molecule has 3 amide bonds. The molecule has 1 aliphatic heterocycles. The third-order valence-electron chi connectivity index (χ3n) is 5.55. The van der Waals surface area contributed by atoms with Crippen LogP contribution >= 0.6 is 0 Å². The fourth-order valence-electron chi connectivity index (χ4n) is 3.96. The molecule has 1 saturated heterocycles. The predicted octanol–water partition coefficient (Wildman–Crippen LogP) is 1.16. The van der Waals surface area contributed by atoms with Gasteiger partial charge in [0, 0.05) is 31.6 Å². The molecule has 9 nitrogen and oxygen atoms in total. The van der Waals surface area contributed by atoms with Gasteiger partial charge in [0.2, 0.25) is 11.8 Å². The van der Waals surface area contributed by atoms with Crippen molar-refractivity contribution in [2.75, 3.05) is 13.1 Å². The molecule has 0 aliphatic carbocycles. The van der Waals surface area contributed by atoms with Gasteiger partial charge in [0.1, 0.15) is 6.33 Å². The third kappa shape index (κ3) is 4.40. The molecule has 0 bridgehead atoms. The quantitative estimate of drug-likeness (QED) is 0.641. The van der Waals surface area contributed by atoms with E-state index in [1.807, 2.05) is 29.2 Å². The average molecular weight is 420 g/mol. The summed E-state index contributed by atoms with van der Waals surface area (Å²) in [4.78, 5) is 41.4. The number of piperidine rings is 1. The molecule has 31 heavy (non-hydrogen) atoms. The zero-order valence-electron chi connectivity index (χ0n) is 17.2. The van der Waals surface area contributed by atoms with Gasteiger partial charge in [-0.15, -0.1) is 0 Å². The van der Waals surface area contributed by atoms with Crippen molar-refractivity contribution >= 4 is 23.4 Å². The lowest BCUT2D eigenvalue weighted by molar-refractivity contribution is -0.131. The summed E-state index contributed by atoms with van der Waals surface area (Å²) >= 11 is 0. The zero-order chi connectivity index (χ0) is 22.0. The molecule has 160 valence electrons. The smallest absolute Gasteiger partial charge is 0.252 e. The van der Waals surface area contributed by atoms with E-state index in [2.05, 4.69) is 15.4 Å². The fourth-order valence-corrected chi connectivity index (χ4v) is 3.96. The lowest BCUT2D eigenvalue weighted by atomic mass is 10.0. The number of hydrogen-bond acceptors (Lipinski definition) is 5. The summed E-state index contributed by atoms with van der Waals surface area (Å²) in [6, 6.07) is 11.3. The van der Waals surface area contributed by atoms with Gasteiger partial charge in [-0.1, -0.05) is 24.3 Å². The second kappa shape index (κ2) is 8.55. The molecule has 0 atom stereocenters. The second-order valence-electron chi connectivity index (χ2n) is 7.72. The van der Waals surface area contributed by atoms with Crippen molar-refractivity contribution in [3.05, 3.63) is 53.9 Å². The second-order valence-corrected chi connectivity index (χ2v) is 7.72. The van der Waals surface area contributed by atoms with Crippen LogP contribution < -0.4 is 11.1 Å². The number of amides is 3. The van der Waals surface area contributed by atoms with Gasteiger partial charge < -0.3 is 16.0 Å². The number of nitrogens with two attached hydrogens (primary N) is 1. The minimum absolute atomic E-state index is 0.0303. The average Bonchev–Trinajstić information content (AvgIpc) is 3.23. The molecular formula is C22H24N6O3. The van der Waals surface area contributed by atoms with Crippen molar-refractivity contribution in [2.45, 2.75) is 32.2 Å². The van der Waals surface area contributed by atoms with E-state index in [1.54, 1.807) is 16.6 Å². The van der Waals surface area contributed by atoms with Crippen molar-refractivity contribution in [1.29, 1.82) is 0 Å². The summed E-state index contributed by atoms with van der Waals surface area (Å²) in [5, 5.41) is 7.12. The van der Waals surface area contributed by atoms with Crippen LogP contribution in [0.15, 0.2) is 42.7 Å². The molecule has 0 saturated carbocycles. The Morgan fingerprint density at radius 1 is 1.10 bits per heavy atom. The first-order valence-corrected chi connectivity index (χ1v) is 10.2. The lowest BCUT2D eigenvalue weighted by Gasteiger charge is -2.32. The number of primary amides is 1. The van der Waals surface area contributed by atoms with Crippen LogP contribution in [0.3, 0.4) is 0 Å². The Morgan fingerprint density at radius 2 is 1.81 bits per heavy atom. The molecule has 9 heteroatoms. The summed E-state index contributed by atoms with van der Waals surface area (Å²) < 4.78 is 1.58. The van der Waals surface area contributed by atoms with E-state index in [4.69, 9.17) is 5.73 Å². The maximum absolute atomic E-state index is 12.7. The topological polar surface area (TPSA) is 123 Å². The molecule has 3 heterocycles. The molecule has 2 aromatic heterocycles. The highest BCUT2D eigenvalue weighted by Gasteiger charge is 2.23. The van der Waals surface area contributed by atoms with Crippen molar-refractivity contribution in [3.63, 3.8) is 0 Å². The number of nitrogens with zero attached hydrogens (tertiary/aromatic N) is 4. The van der Waals surface area contributed by atoms with Crippen molar-refractivity contribution in [3.8, 4) is 11.3 Å². The van der Waals surface area contributed by atoms with Gasteiger partial charge in [-0.3, -0.25) is 14.4 Å². The number of benzene rings is 1. The number of pyridine rings is 1. The molecule has 1 fully saturated rings. The molecule has 4 rings (SSSR count). The number of nitrogens with one attached hydrogen (secondary N) is 1. The number of carbonyl (C=O) groups is 3. The summed E-state index contributed by atoms with van der Waals surface area (Å²) in [7, 11) is 0. The highest BCUT2D eigenvalue weighted by Crippen LogP contribution is 2.23. The first-order valence-electron chi connectivity index (χ1n) is 10.2. The number of carbonyl (C=O) groups excluding carboxylic acids is 3. The first kappa shape index (κ1) is 20.5. The maximum Gasteiger partial charge on any atom is 0.252 e. The van der Waals surface area contributed by atoms with Crippen LogP contribution in [0.25, 0.3) is 16.9 Å². The summed E-state index contributed by atoms with van der Waals surface area (Å²) in [5.74, 6) is -0.504. The first-order chi connectivity index (χ1) is 14.9. The van der Waals surface area contributed by atoms with Gasteiger partial charge in [0.05, 0.1) is 17.7 Å². The summed E-state index contributed by atoms with van der Waals surface area (Å²) in [5.41, 5.74) is 8.71. The minimum atomic E-state index is -0.556. The fraction of sp³-hybridized carbons (Fsp3) is 0.318. The van der Waals surface area contributed by atoms with Gasteiger partial charge >= 0.3 is 0 Å². The van der Waals surface area contributed by atoms with E-state index >= 15 is 0 Å². The highest BCUT2D eigenvalue weighted by molar-refractivity contribution is 5.99. The predicted molar refractivity (Wildman–Crippen MR) is 114 cm³/mol. The molecule has 1 aromatic carbocycles. The normalized spacial score (nSPS) is 14.5. The molecule has 1 aliphatic rings. The number of hydrogen-bond donors (Lipinski definition) is 2. The molecular weight excluding hydrogens is 396 g/mol. The Bertz CT molecular complexity index is 1130. The summed E-state index contributed by atoms with van der Waals surface area (Å²) in [6.45, 7) is 2.82. The molecule has 3 aromatic rings. The number of rotatable bonds is 5. The van der Waals surface area contributed by atoms with E-state index in [0.717, 1.165) is 29.7 Å². The van der Waals surface area contributed by atoms with E-state index in [0.29, 0.717) is 30.7 Å². The van der Waals surface area contributed by atoms with Gasteiger partial charge in [0.25, 0.3) is 5.91 Å². The number of aromatic nitrogens is 3. The van der Waals surface area contributed by atoms with E-state index in [9.17, 15) is 14.4 Å².